The van der Waals surface area contributed by atoms with Gasteiger partial charge >= 0.3 is 6.09 Å². The molecule has 7 heteroatoms. The Balaban J connectivity index is 1.50. The molecule has 4 rings (SSSR count). The van der Waals surface area contributed by atoms with E-state index in [1.807, 2.05) is 30.3 Å². The minimum absolute atomic E-state index is 0.175. The minimum Gasteiger partial charge on any atom is -0.430 e. The summed E-state index contributed by atoms with van der Waals surface area (Å²) in [5.74, 6) is 0.175. The normalized spacial score (nSPS) is 22.0. The average Bonchev–Trinajstić information content (AvgIpc) is 3.15. The summed E-state index contributed by atoms with van der Waals surface area (Å²) in [4.78, 5) is 14.3. The third-order valence-electron chi connectivity index (χ3n) is 5.32. The first kappa shape index (κ1) is 19.5. The topological polar surface area (TPSA) is 53.6 Å². The lowest BCUT2D eigenvalue weighted by atomic mass is 9.85. The number of benzene rings is 2. The molecule has 2 atom stereocenters. The van der Waals surface area contributed by atoms with Crippen molar-refractivity contribution in [3.63, 3.8) is 0 Å². The first-order chi connectivity index (χ1) is 13.5. The highest BCUT2D eigenvalue weighted by Gasteiger charge is 2.27. The fourth-order valence-corrected chi connectivity index (χ4v) is 4.53. The Hall–Kier alpha value is -1.79. The molecule has 5 nitrogen and oxygen atoms in total. The number of halogens is 2. The van der Waals surface area contributed by atoms with Crippen LogP contribution in [-0.2, 0) is 11.3 Å². The van der Waals surface area contributed by atoms with Gasteiger partial charge in [-0.15, -0.1) is 0 Å². The minimum atomic E-state index is -0.437. The third kappa shape index (κ3) is 4.28. The van der Waals surface area contributed by atoms with E-state index in [-0.39, 0.29) is 12.1 Å². The van der Waals surface area contributed by atoms with Crippen LogP contribution in [0.25, 0.3) is 0 Å². The number of ether oxygens (including phenoxy) is 1. The Morgan fingerprint density at radius 2 is 2.04 bits per heavy atom. The molecule has 0 aromatic heterocycles. The van der Waals surface area contributed by atoms with Gasteiger partial charge in [-0.3, -0.25) is 10.6 Å². The van der Waals surface area contributed by atoms with Crippen LogP contribution in [0.2, 0.25) is 10.0 Å². The van der Waals surface area contributed by atoms with Crippen molar-refractivity contribution in [3.05, 3.63) is 63.1 Å². The van der Waals surface area contributed by atoms with Gasteiger partial charge < -0.3 is 9.64 Å². The Kier molecular flexibility index (Phi) is 5.78. The summed E-state index contributed by atoms with van der Waals surface area (Å²) in [5.41, 5.74) is 4.16. The smallest absolute Gasteiger partial charge is 0.413 e. The first-order valence-electron chi connectivity index (χ1n) is 9.47. The molecule has 2 aromatic rings. The summed E-state index contributed by atoms with van der Waals surface area (Å²) >= 11 is 12.7. The number of fused-ring (bicyclic) bond motifs is 1. The largest absolute Gasteiger partial charge is 0.430 e. The molecule has 2 aliphatic rings. The van der Waals surface area contributed by atoms with Crippen molar-refractivity contribution < 1.29 is 9.53 Å². The van der Waals surface area contributed by atoms with Crippen molar-refractivity contribution in [2.45, 2.75) is 31.5 Å². The molecule has 2 aromatic carbocycles. The van der Waals surface area contributed by atoms with Crippen molar-refractivity contribution in [3.8, 4) is 0 Å². The van der Waals surface area contributed by atoms with Gasteiger partial charge in [0, 0.05) is 34.7 Å². The zero-order valence-corrected chi connectivity index (χ0v) is 17.2. The molecule has 2 N–H and O–H groups in total. The second kappa shape index (κ2) is 8.29. The molecule has 1 amide bonds. The number of hydrogen-bond acceptors (Lipinski definition) is 4. The van der Waals surface area contributed by atoms with Crippen molar-refractivity contribution >= 4 is 35.0 Å². The van der Waals surface area contributed by atoms with Gasteiger partial charge in [0.2, 0.25) is 0 Å². The van der Waals surface area contributed by atoms with Gasteiger partial charge in [-0.1, -0.05) is 35.3 Å². The van der Waals surface area contributed by atoms with Crippen LogP contribution in [0.1, 0.15) is 35.4 Å². The van der Waals surface area contributed by atoms with Crippen LogP contribution < -0.4 is 10.6 Å². The van der Waals surface area contributed by atoms with Crippen LogP contribution in [0.15, 0.2) is 36.4 Å². The second-order valence-corrected chi connectivity index (χ2v) is 8.29. The lowest BCUT2D eigenvalue weighted by Gasteiger charge is -2.33. The molecule has 28 heavy (non-hydrogen) atoms. The van der Waals surface area contributed by atoms with Crippen LogP contribution in [-0.4, -0.2) is 37.4 Å². The summed E-state index contributed by atoms with van der Waals surface area (Å²) in [6, 6.07) is 11.7. The third-order valence-corrected chi connectivity index (χ3v) is 5.87. The Labute approximate surface area is 175 Å². The van der Waals surface area contributed by atoms with E-state index in [1.54, 1.807) is 6.07 Å². The molecule has 0 spiro atoms. The lowest BCUT2D eigenvalue weighted by Crippen LogP contribution is -2.31. The quantitative estimate of drug-likeness (QED) is 0.747. The monoisotopic (exact) mass is 419 g/mol. The van der Waals surface area contributed by atoms with Crippen LogP contribution in [0.4, 0.5) is 10.5 Å². The van der Waals surface area contributed by atoms with Gasteiger partial charge in [-0.05, 0) is 67.4 Å². The molecule has 2 aliphatic heterocycles. The standard InChI is InChI=1S/C21H23Cl2N3O2/c1-26-11-17(16-9-14(22)10-19(23)18(16)12-26)13-4-6-15(7-5-13)25-21(27)28-20-3-2-8-24-20/h4-7,9-10,17,20,24H,2-3,8,11-12H2,1H3,(H,25,27). The van der Waals surface area contributed by atoms with E-state index in [1.165, 1.54) is 5.56 Å². The number of nitrogens with zero attached hydrogens (tertiary/aromatic N) is 1. The van der Waals surface area contributed by atoms with Crippen molar-refractivity contribution in [1.29, 1.82) is 0 Å². The van der Waals surface area contributed by atoms with E-state index in [4.69, 9.17) is 27.9 Å². The Morgan fingerprint density at radius 3 is 2.75 bits per heavy atom. The van der Waals surface area contributed by atoms with Crippen molar-refractivity contribution in [1.82, 2.24) is 10.2 Å². The number of nitrogens with one attached hydrogen (secondary N) is 2. The summed E-state index contributed by atoms with van der Waals surface area (Å²) in [6.07, 6.45) is 1.25. The predicted molar refractivity (Wildman–Crippen MR) is 112 cm³/mol. The molecule has 0 bridgehead atoms. The van der Waals surface area contributed by atoms with E-state index >= 15 is 0 Å². The molecule has 0 saturated carbocycles. The number of rotatable bonds is 3. The van der Waals surface area contributed by atoms with E-state index in [0.29, 0.717) is 15.7 Å². The van der Waals surface area contributed by atoms with Gasteiger partial charge in [-0.2, -0.15) is 0 Å². The summed E-state index contributed by atoms with van der Waals surface area (Å²) in [7, 11) is 2.09. The molecule has 0 aliphatic carbocycles. The van der Waals surface area contributed by atoms with Gasteiger partial charge in [0.1, 0.15) is 0 Å². The molecule has 0 radical (unpaired) electrons. The predicted octanol–water partition coefficient (Wildman–Crippen LogP) is 4.83. The fraction of sp³-hybridized carbons (Fsp3) is 0.381. The Bertz CT molecular complexity index is 867. The lowest BCUT2D eigenvalue weighted by molar-refractivity contribution is 0.102. The zero-order valence-electron chi connectivity index (χ0n) is 15.7. The summed E-state index contributed by atoms with van der Waals surface area (Å²) < 4.78 is 5.35. The molecular weight excluding hydrogens is 397 g/mol. The van der Waals surface area contributed by atoms with Gasteiger partial charge in [0.05, 0.1) is 0 Å². The van der Waals surface area contributed by atoms with Gasteiger partial charge in [0.25, 0.3) is 0 Å². The molecule has 2 unspecified atom stereocenters. The molecular formula is C21H23Cl2N3O2. The van der Waals surface area contributed by atoms with Gasteiger partial charge in [0.15, 0.2) is 6.23 Å². The highest BCUT2D eigenvalue weighted by molar-refractivity contribution is 6.35. The van der Waals surface area contributed by atoms with E-state index < -0.39 is 6.09 Å². The van der Waals surface area contributed by atoms with E-state index in [0.717, 1.165) is 43.6 Å². The fourth-order valence-electron chi connectivity index (χ4n) is 3.96. The van der Waals surface area contributed by atoms with Crippen LogP contribution in [0.3, 0.4) is 0 Å². The molecule has 1 saturated heterocycles. The molecule has 1 fully saturated rings. The number of carbonyl (C=O) groups excluding carboxylic acids is 1. The summed E-state index contributed by atoms with van der Waals surface area (Å²) in [5, 5.41) is 7.29. The van der Waals surface area contributed by atoms with Crippen molar-refractivity contribution in [2.75, 3.05) is 25.5 Å². The average molecular weight is 420 g/mol. The first-order valence-corrected chi connectivity index (χ1v) is 10.2. The highest BCUT2D eigenvalue weighted by Crippen LogP contribution is 2.38. The number of amides is 1. The SMILES string of the molecule is CN1Cc2c(Cl)cc(Cl)cc2C(c2ccc(NC(=O)OC3CCCN3)cc2)C1. The maximum Gasteiger partial charge on any atom is 0.413 e. The van der Waals surface area contributed by atoms with E-state index in [2.05, 4.69) is 22.6 Å². The number of hydrogen-bond donors (Lipinski definition) is 2. The number of anilines is 1. The van der Waals surface area contributed by atoms with Crippen LogP contribution in [0, 0.1) is 0 Å². The van der Waals surface area contributed by atoms with Crippen LogP contribution >= 0.6 is 23.2 Å². The van der Waals surface area contributed by atoms with Crippen LogP contribution in [0.5, 0.6) is 0 Å². The second-order valence-electron chi connectivity index (χ2n) is 7.44. The van der Waals surface area contributed by atoms with Crippen molar-refractivity contribution in [2.24, 2.45) is 0 Å². The van der Waals surface area contributed by atoms with E-state index in [9.17, 15) is 4.79 Å². The maximum atomic E-state index is 12.0. The number of likely N-dealkylation sites (N-methyl/N-ethyl adjacent to an activating group) is 1. The summed E-state index contributed by atoms with van der Waals surface area (Å²) in [6.45, 7) is 2.58. The zero-order chi connectivity index (χ0) is 19.7. The van der Waals surface area contributed by atoms with Gasteiger partial charge in [-0.25, -0.2) is 4.79 Å². The Morgan fingerprint density at radius 1 is 1.25 bits per heavy atom. The number of carbonyl (C=O) groups is 1. The highest BCUT2D eigenvalue weighted by atomic mass is 35.5. The molecule has 148 valence electrons. The molecule has 2 heterocycles. The maximum absolute atomic E-state index is 12.0.